The number of anilines is 1. The van der Waals surface area contributed by atoms with Crippen LogP contribution in [0.15, 0.2) is 45.3 Å². The summed E-state index contributed by atoms with van der Waals surface area (Å²) in [6.45, 7) is 1.46. The number of carboxylic acid groups (broad SMARTS) is 1. The lowest BCUT2D eigenvalue weighted by atomic mass is 10.0. The first-order valence-electron chi connectivity index (χ1n) is 11.3. The molecule has 186 valence electrons. The molecule has 4 rings (SSSR count). The summed E-state index contributed by atoms with van der Waals surface area (Å²) < 4.78 is 0.861. The molecule has 2 aromatic rings. The first-order chi connectivity index (χ1) is 16.7. The molecule has 2 aromatic carbocycles. The molecule has 4 amide bonds. The summed E-state index contributed by atoms with van der Waals surface area (Å²) in [7, 11) is 0. The van der Waals surface area contributed by atoms with Crippen LogP contribution in [-0.4, -0.2) is 69.8 Å². The summed E-state index contributed by atoms with van der Waals surface area (Å²) in [4.78, 5) is 40.9. The number of nitrogens with zero attached hydrogens (tertiary/aromatic N) is 2. The standard InChI is InChI=1S/C24H26Br2N4O5/c25-17-11-14(12-18(26)21(17)31)13-20(22(32)33)28-23(34)29-8-6-16(7-9-29)30-10-5-15-3-1-2-4-19(15)27-24(30)35/h1-4,11-12,16,20,31H,5-10,13H2,(H,27,35)(H,28,34)(H,32,33). The lowest BCUT2D eigenvalue weighted by molar-refractivity contribution is -0.139. The van der Waals surface area contributed by atoms with E-state index in [9.17, 15) is 24.6 Å². The zero-order valence-corrected chi connectivity index (χ0v) is 22.0. The van der Waals surface area contributed by atoms with E-state index in [1.807, 2.05) is 29.2 Å². The molecule has 2 aliphatic heterocycles. The molecular weight excluding hydrogens is 584 g/mol. The number of carbonyl (C=O) groups is 3. The van der Waals surface area contributed by atoms with Crippen LogP contribution in [-0.2, 0) is 17.6 Å². The SMILES string of the molecule is O=C(O)C(Cc1cc(Br)c(O)c(Br)c1)NC(=O)N1CCC(N2CCc3ccccc3NC2=O)CC1. The number of hydrogen-bond donors (Lipinski definition) is 4. The number of carbonyl (C=O) groups excluding carboxylic acids is 2. The number of phenolic OH excluding ortho intramolecular Hbond substituents is 1. The summed E-state index contributed by atoms with van der Waals surface area (Å²) in [5.74, 6) is -1.12. The summed E-state index contributed by atoms with van der Waals surface area (Å²) in [5.41, 5.74) is 2.58. The molecule has 0 aliphatic carbocycles. The highest BCUT2D eigenvalue weighted by Gasteiger charge is 2.32. The number of benzene rings is 2. The molecule has 11 heteroatoms. The zero-order valence-electron chi connectivity index (χ0n) is 18.8. The van der Waals surface area contributed by atoms with Gasteiger partial charge in [0.2, 0.25) is 0 Å². The van der Waals surface area contributed by atoms with E-state index in [0.29, 0.717) is 47.0 Å². The number of fused-ring (bicyclic) bond motifs is 1. The largest absolute Gasteiger partial charge is 0.506 e. The first-order valence-corrected chi connectivity index (χ1v) is 12.9. The molecule has 2 heterocycles. The van der Waals surface area contributed by atoms with Crippen LogP contribution < -0.4 is 10.6 Å². The highest BCUT2D eigenvalue weighted by molar-refractivity contribution is 9.11. The van der Waals surface area contributed by atoms with Gasteiger partial charge in [0.25, 0.3) is 0 Å². The second kappa shape index (κ2) is 10.9. The molecule has 2 aliphatic rings. The smallest absolute Gasteiger partial charge is 0.326 e. The Balaban J connectivity index is 1.33. The van der Waals surface area contributed by atoms with Crippen molar-refractivity contribution in [1.29, 1.82) is 0 Å². The fraction of sp³-hybridized carbons (Fsp3) is 0.375. The van der Waals surface area contributed by atoms with Crippen molar-refractivity contribution >= 4 is 55.6 Å². The third-order valence-electron chi connectivity index (χ3n) is 6.45. The Hall–Kier alpha value is -2.79. The van der Waals surface area contributed by atoms with E-state index in [0.717, 1.165) is 17.7 Å². The maximum Gasteiger partial charge on any atom is 0.326 e. The molecule has 4 N–H and O–H groups in total. The number of piperidine rings is 1. The maximum atomic E-state index is 12.8. The first kappa shape index (κ1) is 25.3. The van der Waals surface area contributed by atoms with Gasteiger partial charge in [-0.05, 0) is 80.4 Å². The highest BCUT2D eigenvalue weighted by atomic mass is 79.9. The van der Waals surface area contributed by atoms with Crippen LogP contribution >= 0.6 is 31.9 Å². The molecule has 35 heavy (non-hydrogen) atoms. The number of nitrogens with one attached hydrogen (secondary N) is 2. The fourth-order valence-electron chi connectivity index (χ4n) is 4.53. The maximum absolute atomic E-state index is 12.8. The van der Waals surface area contributed by atoms with Gasteiger partial charge < -0.3 is 30.6 Å². The van der Waals surface area contributed by atoms with Crippen LogP contribution in [0.3, 0.4) is 0 Å². The predicted molar refractivity (Wildman–Crippen MR) is 138 cm³/mol. The van der Waals surface area contributed by atoms with Crippen molar-refractivity contribution in [2.45, 2.75) is 37.8 Å². The number of likely N-dealkylation sites (tertiary alicyclic amines) is 1. The molecule has 1 saturated heterocycles. The number of amides is 4. The molecular formula is C24H26Br2N4O5. The van der Waals surface area contributed by atoms with Gasteiger partial charge >= 0.3 is 18.0 Å². The minimum Gasteiger partial charge on any atom is -0.506 e. The van der Waals surface area contributed by atoms with Gasteiger partial charge in [0.1, 0.15) is 11.8 Å². The van der Waals surface area contributed by atoms with Crippen LogP contribution in [0.5, 0.6) is 5.75 Å². The molecule has 1 fully saturated rings. The second-order valence-electron chi connectivity index (χ2n) is 8.70. The Morgan fingerprint density at radius 1 is 1.11 bits per heavy atom. The second-order valence-corrected chi connectivity index (χ2v) is 10.4. The van der Waals surface area contributed by atoms with E-state index in [1.165, 1.54) is 0 Å². The number of aromatic hydroxyl groups is 1. The van der Waals surface area contributed by atoms with Gasteiger partial charge in [-0.3, -0.25) is 0 Å². The Morgan fingerprint density at radius 2 is 1.77 bits per heavy atom. The predicted octanol–water partition coefficient (Wildman–Crippen LogP) is 4.18. The summed E-state index contributed by atoms with van der Waals surface area (Å²) in [5, 5.41) is 25.1. The Labute approximate surface area is 219 Å². The molecule has 1 atom stereocenters. The van der Waals surface area contributed by atoms with Gasteiger partial charge in [-0.25, -0.2) is 14.4 Å². The lowest BCUT2D eigenvalue weighted by Gasteiger charge is -2.38. The van der Waals surface area contributed by atoms with Gasteiger partial charge in [-0.2, -0.15) is 0 Å². The quantitative estimate of drug-likeness (QED) is 0.405. The van der Waals surface area contributed by atoms with Gasteiger partial charge in [0.05, 0.1) is 8.95 Å². The van der Waals surface area contributed by atoms with Crippen LogP contribution in [0.1, 0.15) is 24.0 Å². The fourth-order valence-corrected chi connectivity index (χ4v) is 5.81. The van der Waals surface area contributed by atoms with Gasteiger partial charge in [-0.15, -0.1) is 0 Å². The number of carboxylic acids is 1. The van der Waals surface area contributed by atoms with E-state index >= 15 is 0 Å². The molecule has 0 saturated carbocycles. The third-order valence-corrected chi connectivity index (χ3v) is 7.66. The third kappa shape index (κ3) is 5.90. The number of urea groups is 2. The Morgan fingerprint density at radius 3 is 2.43 bits per heavy atom. The number of halogens is 2. The van der Waals surface area contributed by atoms with Crippen molar-refractivity contribution < 1.29 is 24.6 Å². The van der Waals surface area contributed by atoms with Crippen molar-refractivity contribution in [3.05, 3.63) is 56.5 Å². The topological polar surface area (TPSA) is 122 Å². The van der Waals surface area contributed by atoms with Gasteiger partial charge in [0.15, 0.2) is 0 Å². The Kier molecular flexibility index (Phi) is 7.85. The molecule has 0 spiro atoms. The van der Waals surface area contributed by atoms with Crippen molar-refractivity contribution in [3.63, 3.8) is 0 Å². The van der Waals surface area contributed by atoms with E-state index < -0.39 is 18.0 Å². The number of phenols is 1. The van der Waals surface area contributed by atoms with E-state index in [-0.39, 0.29) is 24.2 Å². The number of rotatable bonds is 5. The number of hydrogen-bond acceptors (Lipinski definition) is 4. The van der Waals surface area contributed by atoms with E-state index in [2.05, 4.69) is 42.5 Å². The monoisotopic (exact) mass is 608 g/mol. The van der Waals surface area contributed by atoms with Crippen molar-refractivity contribution in [1.82, 2.24) is 15.1 Å². The van der Waals surface area contributed by atoms with Crippen LogP contribution in [0.2, 0.25) is 0 Å². The minimum atomic E-state index is -1.14. The van der Waals surface area contributed by atoms with Crippen LogP contribution in [0, 0.1) is 0 Å². The summed E-state index contributed by atoms with van der Waals surface area (Å²) >= 11 is 6.48. The molecule has 0 aromatic heterocycles. The molecule has 0 radical (unpaired) electrons. The van der Waals surface area contributed by atoms with Crippen molar-refractivity contribution in [3.8, 4) is 5.75 Å². The summed E-state index contributed by atoms with van der Waals surface area (Å²) in [6, 6.07) is 9.33. The number of para-hydroxylation sites is 1. The van der Waals surface area contributed by atoms with E-state index in [4.69, 9.17) is 0 Å². The number of aliphatic carboxylic acids is 1. The van der Waals surface area contributed by atoms with Crippen LogP contribution in [0.25, 0.3) is 0 Å². The average Bonchev–Trinajstić information content (AvgIpc) is 3.00. The van der Waals surface area contributed by atoms with E-state index in [1.54, 1.807) is 17.0 Å². The van der Waals surface area contributed by atoms with Gasteiger partial charge in [0, 0.05) is 37.8 Å². The van der Waals surface area contributed by atoms with Crippen LogP contribution in [0.4, 0.5) is 15.3 Å². The van der Waals surface area contributed by atoms with Gasteiger partial charge in [-0.1, -0.05) is 18.2 Å². The average molecular weight is 610 g/mol. The van der Waals surface area contributed by atoms with Crippen molar-refractivity contribution in [2.24, 2.45) is 0 Å². The summed E-state index contributed by atoms with van der Waals surface area (Å²) in [6.07, 6.45) is 2.06. The minimum absolute atomic E-state index is 0.00956. The highest BCUT2D eigenvalue weighted by Crippen LogP contribution is 2.33. The Bertz CT molecular complexity index is 1110. The normalized spacial score (nSPS) is 17.3. The van der Waals surface area contributed by atoms with Crippen molar-refractivity contribution in [2.75, 3.05) is 25.0 Å². The lowest BCUT2D eigenvalue weighted by Crippen LogP contribution is -2.54. The molecule has 0 bridgehead atoms. The molecule has 1 unspecified atom stereocenters. The molecule has 9 nitrogen and oxygen atoms in total. The zero-order chi connectivity index (χ0) is 25.1.